The van der Waals surface area contributed by atoms with E-state index in [1.165, 1.54) is 22.0 Å². The summed E-state index contributed by atoms with van der Waals surface area (Å²) < 4.78 is 6.64. The maximum atomic E-state index is 5.54. The van der Waals surface area contributed by atoms with Crippen molar-refractivity contribution in [3.05, 3.63) is 27.7 Å². The number of rotatable bonds is 5. The van der Waals surface area contributed by atoms with E-state index in [9.17, 15) is 0 Å². The van der Waals surface area contributed by atoms with E-state index in [4.69, 9.17) is 10.5 Å². The lowest BCUT2D eigenvalue weighted by molar-refractivity contribution is 0.246. The number of hydrogen-bond acceptors (Lipinski definition) is 3. The number of unbranched alkanes of at least 4 members (excludes halogenated alkanes) is 1. The van der Waals surface area contributed by atoms with Crippen LogP contribution < -0.4 is 10.5 Å². The first-order chi connectivity index (χ1) is 8.76. The number of halogens is 1. The highest BCUT2D eigenvalue weighted by molar-refractivity contribution is 9.10. The Bertz CT molecular complexity index is 409. The van der Waals surface area contributed by atoms with Crippen LogP contribution in [0.5, 0.6) is 5.75 Å². The van der Waals surface area contributed by atoms with Gasteiger partial charge in [0.25, 0.3) is 0 Å². The van der Waals surface area contributed by atoms with Crippen LogP contribution in [-0.2, 0) is 13.0 Å². The van der Waals surface area contributed by atoms with Gasteiger partial charge in [0.1, 0.15) is 5.75 Å². The van der Waals surface area contributed by atoms with Crippen molar-refractivity contribution >= 4 is 15.9 Å². The molecule has 1 aromatic carbocycles. The molecule has 0 aliphatic carbocycles. The molecule has 0 radical (unpaired) electrons. The number of fused-ring (bicyclic) bond motifs is 1. The number of hydrogen-bond donors (Lipinski definition) is 1. The quantitative estimate of drug-likeness (QED) is 0.849. The van der Waals surface area contributed by atoms with E-state index in [1.807, 2.05) is 6.07 Å². The van der Waals surface area contributed by atoms with Gasteiger partial charge in [0.05, 0.1) is 7.11 Å². The fraction of sp³-hybridized carbons (Fsp3) is 0.571. The Kier molecular flexibility index (Phi) is 5.03. The lowest BCUT2D eigenvalue weighted by atomic mass is 9.98. The first-order valence-corrected chi connectivity index (χ1v) is 7.32. The number of benzene rings is 1. The van der Waals surface area contributed by atoms with Gasteiger partial charge in [-0.1, -0.05) is 15.9 Å². The van der Waals surface area contributed by atoms with Gasteiger partial charge in [-0.05, 0) is 50.0 Å². The third kappa shape index (κ3) is 3.05. The Hall–Kier alpha value is -0.580. The molecular formula is C14H21BrN2O. The van der Waals surface area contributed by atoms with Crippen molar-refractivity contribution in [1.82, 2.24) is 4.90 Å². The van der Waals surface area contributed by atoms with Crippen molar-refractivity contribution in [3.63, 3.8) is 0 Å². The minimum absolute atomic E-state index is 0.794. The van der Waals surface area contributed by atoms with Gasteiger partial charge in [0.15, 0.2) is 0 Å². The Balaban J connectivity index is 2.08. The average Bonchev–Trinajstić information content (AvgIpc) is 2.40. The third-order valence-corrected chi connectivity index (χ3v) is 4.28. The number of ether oxygens (including phenoxy) is 1. The molecule has 0 bridgehead atoms. The second-order valence-electron chi connectivity index (χ2n) is 4.73. The maximum absolute atomic E-state index is 5.54. The Morgan fingerprint density at radius 2 is 2.17 bits per heavy atom. The summed E-state index contributed by atoms with van der Waals surface area (Å²) in [4.78, 5) is 2.50. The normalized spacial score (nSPS) is 15.5. The van der Waals surface area contributed by atoms with Crippen LogP contribution >= 0.6 is 15.9 Å². The standard InChI is InChI=1S/C14H21BrN2O/c1-18-14-5-4-13(15)12-10-17(8-3-2-7-16)9-6-11(12)14/h4-5H,2-3,6-10,16H2,1H3. The van der Waals surface area contributed by atoms with Crippen LogP contribution in [-0.4, -0.2) is 31.6 Å². The molecule has 4 heteroatoms. The molecule has 3 nitrogen and oxygen atoms in total. The Labute approximate surface area is 117 Å². The summed E-state index contributed by atoms with van der Waals surface area (Å²) in [7, 11) is 1.75. The van der Waals surface area contributed by atoms with Crippen LogP contribution in [0.2, 0.25) is 0 Å². The molecule has 1 aliphatic rings. The third-order valence-electron chi connectivity index (χ3n) is 3.54. The molecule has 1 aliphatic heterocycles. The zero-order valence-corrected chi connectivity index (χ0v) is 12.5. The van der Waals surface area contributed by atoms with E-state index in [0.29, 0.717) is 0 Å². The lowest BCUT2D eigenvalue weighted by Gasteiger charge is -2.30. The summed E-state index contributed by atoms with van der Waals surface area (Å²) >= 11 is 3.65. The number of nitrogens with zero attached hydrogens (tertiary/aromatic N) is 1. The van der Waals surface area contributed by atoms with E-state index in [0.717, 1.165) is 44.8 Å². The van der Waals surface area contributed by atoms with Gasteiger partial charge in [-0.25, -0.2) is 0 Å². The summed E-state index contributed by atoms with van der Waals surface area (Å²) in [5.74, 6) is 1.02. The average molecular weight is 313 g/mol. The highest BCUT2D eigenvalue weighted by atomic mass is 79.9. The lowest BCUT2D eigenvalue weighted by Crippen LogP contribution is -2.32. The summed E-state index contributed by atoms with van der Waals surface area (Å²) in [5, 5.41) is 0. The maximum Gasteiger partial charge on any atom is 0.122 e. The van der Waals surface area contributed by atoms with E-state index in [2.05, 4.69) is 26.9 Å². The smallest absolute Gasteiger partial charge is 0.122 e. The monoisotopic (exact) mass is 312 g/mol. The Morgan fingerprint density at radius 1 is 1.33 bits per heavy atom. The van der Waals surface area contributed by atoms with Crippen molar-refractivity contribution in [1.29, 1.82) is 0 Å². The molecule has 2 N–H and O–H groups in total. The van der Waals surface area contributed by atoms with Crippen LogP contribution in [0.25, 0.3) is 0 Å². The number of nitrogens with two attached hydrogens (primary N) is 1. The summed E-state index contributed by atoms with van der Waals surface area (Å²) in [6.07, 6.45) is 3.37. The first-order valence-electron chi connectivity index (χ1n) is 6.53. The van der Waals surface area contributed by atoms with Crippen LogP contribution in [0, 0.1) is 0 Å². The van der Waals surface area contributed by atoms with Gasteiger partial charge < -0.3 is 10.5 Å². The molecule has 0 spiro atoms. The first kappa shape index (κ1) is 13.8. The second-order valence-corrected chi connectivity index (χ2v) is 5.58. The molecule has 1 heterocycles. The van der Waals surface area contributed by atoms with Gasteiger partial charge in [-0.3, -0.25) is 4.90 Å². The fourth-order valence-corrected chi connectivity index (χ4v) is 3.02. The molecule has 2 rings (SSSR count). The molecule has 0 aromatic heterocycles. The topological polar surface area (TPSA) is 38.5 Å². The molecule has 0 atom stereocenters. The van der Waals surface area contributed by atoms with Crippen LogP contribution in [0.15, 0.2) is 16.6 Å². The van der Waals surface area contributed by atoms with Crippen LogP contribution in [0.3, 0.4) is 0 Å². The van der Waals surface area contributed by atoms with Gasteiger partial charge >= 0.3 is 0 Å². The SMILES string of the molecule is COc1ccc(Br)c2c1CCN(CCCCN)C2. The van der Waals surface area contributed by atoms with Crippen molar-refractivity contribution < 1.29 is 4.74 Å². The molecule has 0 fully saturated rings. The largest absolute Gasteiger partial charge is 0.496 e. The summed E-state index contributed by atoms with van der Waals surface area (Å²) in [5.41, 5.74) is 8.29. The van der Waals surface area contributed by atoms with E-state index in [-0.39, 0.29) is 0 Å². The molecule has 18 heavy (non-hydrogen) atoms. The summed E-state index contributed by atoms with van der Waals surface area (Å²) in [6, 6.07) is 4.13. The van der Waals surface area contributed by atoms with Crippen LogP contribution in [0.1, 0.15) is 24.0 Å². The zero-order chi connectivity index (χ0) is 13.0. The zero-order valence-electron chi connectivity index (χ0n) is 10.9. The highest BCUT2D eigenvalue weighted by Crippen LogP contribution is 2.33. The van der Waals surface area contributed by atoms with Gasteiger partial charge in [-0.15, -0.1) is 0 Å². The van der Waals surface area contributed by atoms with Gasteiger partial charge in [-0.2, -0.15) is 0 Å². The minimum atomic E-state index is 0.794. The molecular weight excluding hydrogens is 292 g/mol. The van der Waals surface area contributed by atoms with Crippen molar-refractivity contribution in [2.45, 2.75) is 25.8 Å². The predicted molar refractivity (Wildman–Crippen MR) is 78.0 cm³/mol. The van der Waals surface area contributed by atoms with Crippen molar-refractivity contribution in [3.8, 4) is 5.75 Å². The van der Waals surface area contributed by atoms with E-state index in [1.54, 1.807) is 7.11 Å². The molecule has 0 amide bonds. The van der Waals surface area contributed by atoms with Gasteiger partial charge in [0.2, 0.25) is 0 Å². The number of methoxy groups -OCH3 is 1. The second kappa shape index (κ2) is 6.55. The Morgan fingerprint density at radius 3 is 2.89 bits per heavy atom. The molecule has 100 valence electrons. The molecule has 0 unspecified atom stereocenters. The highest BCUT2D eigenvalue weighted by Gasteiger charge is 2.21. The van der Waals surface area contributed by atoms with Crippen molar-refractivity contribution in [2.75, 3.05) is 26.7 Å². The fourth-order valence-electron chi connectivity index (χ4n) is 2.52. The minimum Gasteiger partial charge on any atom is -0.496 e. The van der Waals surface area contributed by atoms with E-state index >= 15 is 0 Å². The molecule has 1 aromatic rings. The van der Waals surface area contributed by atoms with E-state index < -0.39 is 0 Å². The van der Waals surface area contributed by atoms with Crippen LogP contribution in [0.4, 0.5) is 0 Å². The summed E-state index contributed by atoms with van der Waals surface area (Å²) in [6.45, 7) is 4.06. The molecule has 0 saturated carbocycles. The predicted octanol–water partition coefficient (Wildman–Crippen LogP) is 2.55. The molecule has 0 saturated heterocycles. The van der Waals surface area contributed by atoms with Crippen molar-refractivity contribution in [2.24, 2.45) is 5.73 Å². The van der Waals surface area contributed by atoms with Gasteiger partial charge in [0, 0.05) is 23.1 Å².